The normalized spacial score (nSPS) is 10.8. The number of hydrogen-bond acceptors (Lipinski definition) is 5. The Morgan fingerprint density at radius 2 is 1.65 bits per heavy atom. The van der Waals surface area contributed by atoms with Crippen LogP contribution in [0.5, 0.6) is 17.2 Å². The summed E-state index contributed by atoms with van der Waals surface area (Å²) < 4.78 is 15.7. The SMILES string of the molecule is COc1ccc(NC(=O)CC(C)(C)CC(=O)O)c(OC)c1OC. The van der Waals surface area contributed by atoms with E-state index < -0.39 is 11.4 Å². The van der Waals surface area contributed by atoms with E-state index >= 15 is 0 Å². The quantitative estimate of drug-likeness (QED) is 0.763. The summed E-state index contributed by atoms with van der Waals surface area (Å²) in [4.78, 5) is 23.0. The molecule has 0 atom stereocenters. The highest BCUT2D eigenvalue weighted by Gasteiger charge is 2.26. The van der Waals surface area contributed by atoms with Gasteiger partial charge in [0.05, 0.1) is 33.4 Å². The summed E-state index contributed by atoms with van der Waals surface area (Å²) in [6.07, 6.45) is -0.0275. The Bertz CT molecular complexity index is 582. The van der Waals surface area contributed by atoms with Crippen molar-refractivity contribution in [2.24, 2.45) is 5.41 Å². The molecule has 0 saturated carbocycles. The first-order valence-electron chi connectivity index (χ1n) is 7.04. The maximum absolute atomic E-state index is 12.2. The largest absolute Gasteiger partial charge is 0.493 e. The number of nitrogens with one attached hydrogen (secondary N) is 1. The fourth-order valence-electron chi connectivity index (χ4n) is 2.30. The molecule has 0 heterocycles. The van der Waals surface area contributed by atoms with Gasteiger partial charge in [-0.25, -0.2) is 0 Å². The van der Waals surface area contributed by atoms with Crippen LogP contribution in [0.2, 0.25) is 0 Å². The predicted molar refractivity (Wildman–Crippen MR) is 85.4 cm³/mol. The lowest BCUT2D eigenvalue weighted by molar-refractivity contribution is -0.139. The molecule has 0 aliphatic heterocycles. The smallest absolute Gasteiger partial charge is 0.303 e. The standard InChI is InChI=1S/C16H23NO6/c1-16(2,9-13(19)20)8-12(18)17-10-6-7-11(21-3)15(23-5)14(10)22-4/h6-7H,8-9H2,1-5H3,(H,17,18)(H,19,20). The third-order valence-corrected chi connectivity index (χ3v) is 3.25. The highest BCUT2D eigenvalue weighted by Crippen LogP contribution is 2.42. The van der Waals surface area contributed by atoms with Crippen molar-refractivity contribution in [3.63, 3.8) is 0 Å². The number of carboxylic acids is 1. The lowest BCUT2D eigenvalue weighted by Gasteiger charge is -2.22. The summed E-state index contributed by atoms with van der Waals surface area (Å²) in [6.45, 7) is 3.46. The van der Waals surface area contributed by atoms with Crippen LogP contribution in [0.4, 0.5) is 5.69 Å². The maximum atomic E-state index is 12.2. The van der Waals surface area contributed by atoms with E-state index in [-0.39, 0.29) is 18.7 Å². The molecule has 0 aliphatic carbocycles. The van der Waals surface area contributed by atoms with Crippen LogP contribution in [0.25, 0.3) is 0 Å². The summed E-state index contributed by atoms with van der Waals surface area (Å²) in [5.74, 6) is -0.0457. The summed E-state index contributed by atoms with van der Waals surface area (Å²) in [5, 5.41) is 11.6. The van der Waals surface area contributed by atoms with Crippen molar-refractivity contribution in [1.82, 2.24) is 0 Å². The van der Waals surface area contributed by atoms with Gasteiger partial charge in [-0.3, -0.25) is 9.59 Å². The van der Waals surface area contributed by atoms with Gasteiger partial charge < -0.3 is 24.6 Å². The first kappa shape index (κ1) is 18.6. The van der Waals surface area contributed by atoms with E-state index in [9.17, 15) is 9.59 Å². The van der Waals surface area contributed by atoms with Crippen molar-refractivity contribution < 1.29 is 28.9 Å². The highest BCUT2D eigenvalue weighted by atomic mass is 16.5. The minimum atomic E-state index is -0.938. The van der Waals surface area contributed by atoms with Gasteiger partial charge in [0, 0.05) is 6.42 Å². The van der Waals surface area contributed by atoms with Gasteiger partial charge in [0.2, 0.25) is 11.7 Å². The molecule has 128 valence electrons. The van der Waals surface area contributed by atoms with Crippen LogP contribution in [-0.4, -0.2) is 38.3 Å². The second-order valence-corrected chi connectivity index (χ2v) is 5.84. The van der Waals surface area contributed by atoms with Gasteiger partial charge in [0.15, 0.2) is 11.5 Å². The summed E-state index contributed by atoms with van der Waals surface area (Å²) in [5.41, 5.74) is -0.221. The van der Waals surface area contributed by atoms with Gasteiger partial charge in [0.25, 0.3) is 0 Å². The predicted octanol–water partition coefficient (Wildman–Crippen LogP) is 2.54. The third kappa shape index (κ3) is 5.05. The summed E-state index contributed by atoms with van der Waals surface area (Å²) >= 11 is 0. The van der Waals surface area contributed by atoms with Gasteiger partial charge in [-0.1, -0.05) is 13.8 Å². The van der Waals surface area contributed by atoms with Gasteiger partial charge >= 0.3 is 5.97 Å². The molecular weight excluding hydrogens is 302 g/mol. The zero-order chi connectivity index (χ0) is 17.6. The second-order valence-electron chi connectivity index (χ2n) is 5.84. The second kappa shape index (κ2) is 7.71. The summed E-state index contributed by atoms with van der Waals surface area (Å²) in [6, 6.07) is 3.29. The Kier molecular flexibility index (Phi) is 6.24. The lowest BCUT2D eigenvalue weighted by atomic mass is 9.85. The monoisotopic (exact) mass is 325 g/mol. The van der Waals surface area contributed by atoms with E-state index in [0.29, 0.717) is 22.9 Å². The number of carbonyl (C=O) groups excluding carboxylic acids is 1. The molecule has 23 heavy (non-hydrogen) atoms. The fourth-order valence-corrected chi connectivity index (χ4v) is 2.30. The zero-order valence-electron chi connectivity index (χ0n) is 14.1. The van der Waals surface area contributed by atoms with Gasteiger partial charge in [-0.2, -0.15) is 0 Å². The third-order valence-electron chi connectivity index (χ3n) is 3.25. The maximum Gasteiger partial charge on any atom is 0.303 e. The minimum absolute atomic E-state index is 0.0663. The highest BCUT2D eigenvalue weighted by molar-refractivity contribution is 5.94. The molecule has 7 nitrogen and oxygen atoms in total. The van der Waals surface area contributed by atoms with Crippen LogP contribution in [0, 0.1) is 5.41 Å². The number of aliphatic carboxylic acids is 1. The summed E-state index contributed by atoms with van der Waals surface area (Å²) in [7, 11) is 4.44. The molecule has 0 bridgehead atoms. The molecule has 1 amide bonds. The molecule has 1 aromatic carbocycles. The van der Waals surface area contributed by atoms with E-state index in [4.69, 9.17) is 19.3 Å². The van der Waals surface area contributed by atoms with E-state index in [1.54, 1.807) is 26.0 Å². The zero-order valence-corrected chi connectivity index (χ0v) is 14.1. The van der Waals surface area contributed by atoms with Crippen molar-refractivity contribution in [2.45, 2.75) is 26.7 Å². The number of benzene rings is 1. The van der Waals surface area contributed by atoms with Crippen molar-refractivity contribution >= 4 is 17.6 Å². The number of carbonyl (C=O) groups is 2. The Balaban J connectivity index is 2.96. The number of hydrogen-bond donors (Lipinski definition) is 2. The lowest BCUT2D eigenvalue weighted by Crippen LogP contribution is -2.25. The van der Waals surface area contributed by atoms with Crippen molar-refractivity contribution in [3.8, 4) is 17.2 Å². The molecule has 2 N–H and O–H groups in total. The van der Waals surface area contributed by atoms with Crippen LogP contribution in [0.1, 0.15) is 26.7 Å². The van der Waals surface area contributed by atoms with Crippen LogP contribution in [0.15, 0.2) is 12.1 Å². The Morgan fingerprint density at radius 3 is 2.13 bits per heavy atom. The number of amides is 1. The molecule has 0 saturated heterocycles. The van der Waals surface area contributed by atoms with Crippen LogP contribution >= 0.6 is 0 Å². The molecule has 0 fully saturated rings. The Labute approximate surface area is 135 Å². The van der Waals surface area contributed by atoms with E-state index in [2.05, 4.69) is 5.32 Å². The minimum Gasteiger partial charge on any atom is -0.493 e. The van der Waals surface area contributed by atoms with Crippen molar-refractivity contribution in [3.05, 3.63) is 12.1 Å². The van der Waals surface area contributed by atoms with Gasteiger partial charge in [-0.15, -0.1) is 0 Å². The molecule has 1 aromatic rings. The molecule has 1 rings (SSSR count). The number of anilines is 1. The van der Waals surface area contributed by atoms with E-state index in [0.717, 1.165) is 0 Å². The molecule has 0 spiro atoms. The fraction of sp³-hybridized carbons (Fsp3) is 0.500. The van der Waals surface area contributed by atoms with Crippen molar-refractivity contribution in [1.29, 1.82) is 0 Å². The van der Waals surface area contributed by atoms with E-state index in [1.807, 2.05) is 0 Å². The molecule has 0 aromatic heterocycles. The molecule has 0 unspecified atom stereocenters. The molecule has 0 radical (unpaired) electrons. The first-order chi connectivity index (χ1) is 10.7. The Hall–Kier alpha value is -2.44. The topological polar surface area (TPSA) is 94.1 Å². The molecular formula is C16H23NO6. The van der Waals surface area contributed by atoms with Gasteiger partial charge in [-0.05, 0) is 17.5 Å². The van der Waals surface area contributed by atoms with E-state index in [1.165, 1.54) is 21.3 Å². The number of methoxy groups -OCH3 is 3. The van der Waals surface area contributed by atoms with Crippen LogP contribution in [0.3, 0.4) is 0 Å². The van der Waals surface area contributed by atoms with Gasteiger partial charge in [0.1, 0.15) is 0 Å². The van der Waals surface area contributed by atoms with Crippen LogP contribution < -0.4 is 19.5 Å². The molecule has 0 aliphatic rings. The Morgan fingerprint density at radius 1 is 1.04 bits per heavy atom. The number of ether oxygens (including phenoxy) is 3. The average Bonchev–Trinajstić information content (AvgIpc) is 2.44. The average molecular weight is 325 g/mol. The number of rotatable bonds is 8. The number of carboxylic acid groups (broad SMARTS) is 1. The first-order valence-corrected chi connectivity index (χ1v) is 7.04. The molecule has 7 heteroatoms. The van der Waals surface area contributed by atoms with Crippen molar-refractivity contribution in [2.75, 3.05) is 26.6 Å². The van der Waals surface area contributed by atoms with Crippen LogP contribution in [-0.2, 0) is 9.59 Å².